The molecule has 1 heterocycles. The molecular weight excluding hydrogens is 359 g/mol. The van der Waals surface area contributed by atoms with Gasteiger partial charge in [-0.2, -0.15) is 0 Å². The van der Waals surface area contributed by atoms with Crippen molar-refractivity contribution in [3.63, 3.8) is 0 Å². The molecule has 0 bridgehead atoms. The molecular formula is C20H16F3NO3. The third-order valence-electron chi connectivity index (χ3n) is 4.35. The zero-order chi connectivity index (χ0) is 19.9. The average Bonchev–Trinajstić information content (AvgIpc) is 2.87. The summed E-state index contributed by atoms with van der Waals surface area (Å²) in [5.74, 6) is -5.23. The molecule has 0 radical (unpaired) electrons. The van der Waals surface area contributed by atoms with Gasteiger partial charge in [-0.05, 0) is 29.8 Å². The summed E-state index contributed by atoms with van der Waals surface area (Å²) in [4.78, 5) is 26.2. The van der Waals surface area contributed by atoms with Crippen molar-refractivity contribution < 1.29 is 27.9 Å². The van der Waals surface area contributed by atoms with Crippen LogP contribution in [0.15, 0.2) is 53.8 Å². The van der Waals surface area contributed by atoms with Crippen molar-refractivity contribution in [2.45, 2.75) is 19.9 Å². The predicted octanol–water partition coefficient (Wildman–Crippen LogP) is 4.23. The topological polar surface area (TPSA) is 57.6 Å². The van der Waals surface area contributed by atoms with E-state index in [1.807, 2.05) is 0 Å². The van der Waals surface area contributed by atoms with Crippen LogP contribution in [0.5, 0.6) is 0 Å². The summed E-state index contributed by atoms with van der Waals surface area (Å²) in [6.07, 6.45) is 0. The van der Waals surface area contributed by atoms with Crippen LogP contribution >= 0.6 is 0 Å². The van der Waals surface area contributed by atoms with Gasteiger partial charge in [0.05, 0.1) is 17.3 Å². The highest BCUT2D eigenvalue weighted by atomic mass is 19.1. The minimum atomic E-state index is -1.16. The maximum Gasteiger partial charge on any atom is 0.294 e. The molecule has 0 aromatic heterocycles. The summed E-state index contributed by atoms with van der Waals surface area (Å²) >= 11 is 0. The van der Waals surface area contributed by atoms with Crippen LogP contribution in [0, 0.1) is 23.4 Å². The van der Waals surface area contributed by atoms with Crippen LogP contribution in [0.3, 0.4) is 0 Å². The third kappa shape index (κ3) is 3.20. The average molecular weight is 375 g/mol. The second-order valence-corrected chi connectivity index (χ2v) is 6.51. The maximum absolute atomic E-state index is 14.4. The number of carbonyl (C=O) groups is 2. The van der Waals surface area contributed by atoms with Gasteiger partial charge in [0.1, 0.15) is 17.5 Å². The number of benzene rings is 2. The van der Waals surface area contributed by atoms with Gasteiger partial charge in [-0.3, -0.25) is 14.5 Å². The number of rotatable bonds is 4. The number of nitrogens with zero attached hydrogens (tertiary/aromatic N) is 1. The van der Waals surface area contributed by atoms with Crippen LogP contribution in [-0.2, 0) is 9.59 Å². The molecule has 27 heavy (non-hydrogen) atoms. The highest BCUT2D eigenvalue weighted by Crippen LogP contribution is 2.42. The summed E-state index contributed by atoms with van der Waals surface area (Å²) in [6, 6.07) is 6.40. The number of hydrogen-bond acceptors (Lipinski definition) is 3. The van der Waals surface area contributed by atoms with Gasteiger partial charge in [-0.1, -0.05) is 26.0 Å². The smallest absolute Gasteiger partial charge is 0.294 e. The first-order valence-corrected chi connectivity index (χ1v) is 8.23. The summed E-state index contributed by atoms with van der Waals surface area (Å²) in [5, 5.41) is 10.3. The Hall–Kier alpha value is -3.09. The van der Waals surface area contributed by atoms with Gasteiger partial charge in [0.15, 0.2) is 11.5 Å². The van der Waals surface area contributed by atoms with Crippen LogP contribution < -0.4 is 4.90 Å². The highest BCUT2D eigenvalue weighted by molar-refractivity contribution is 6.16. The number of anilines is 1. The van der Waals surface area contributed by atoms with E-state index in [1.54, 1.807) is 13.8 Å². The number of carbonyl (C=O) groups excluding carboxylic acids is 2. The minimum absolute atomic E-state index is 0.203. The van der Waals surface area contributed by atoms with E-state index in [2.05, 4.69) is 0 Å². The van der Waals surface area contributed by atoms with E-state index in [0.29, 0.717) is 11.6 Å². The van der Waals surface area contributed by atoms with Crippen molar-refractivity contribution in [1.29, 1.82) is 0 Å². The van der Waals surface area contributed by atoms with Gasteiger partial charge in [-0.15, -0.1) is 0 Å². The van der Waals surface area contributed by atoms with Crippen LogP contribution in [-0.4, -0.2) is 16.8 Å². The van der Waals surface area contributed by atoms with Crippen LogP contribution in [0.1, 0.15) is 25.5 Å². The van der Waals surface area contributed by atoms with Crippen molar-refractivity contribution >= 4 is 17.4 Å². The van der Waals surface area contributed by atoms with E-state index < -0.39 is 46.9 Å². The third-order valence-corrected chi connectivity index (χ3v) is 4.35. The number of amides is 1. The molecule has 1 N–H and O–H groups in total. The molecule has 1 amide bonds. The number of aliphatic hydroxyl groups excluding tert-OH is 1. The van der Waals surface area contributed by atoms with Crippen molar-refractivity contribution in [1.82, 2.24) is 0 Å². The van der Waals surface area contributed by atoms with E-state index in [9.17, 15) is 27.9 Å². The second-order valence-electron chi connectivity index (χ2n) is 6.51. The molecule has 2 aromatic rings. The zero-order valence-electron chi connectivity index (χ0n) is 14.5. The first-order chi connectivity index (χ1) is 12.7. The Morgan fingerprint density at radius 2 is 1.63 bits per heavy atom. The Bertz CT molecular complexity index is 951. The van der Waals surface area contributed by atoms with E-state index in [-0.39, 0.29) is 11.3 Å². The van der Waals surface area contributed by atoms with E-state index in [4.69, 9.17) is 0 Å². The molecule has 0 spiro atoms. The Morgan fingerprint density at radius 1 is 1.04 bits per heavy atom. The molecule has 4 nitrogen and oxygen atoms in total. The second kappa shape index (κ2) is 6.90. The highest BCUT2D eigenvalue weighted by Gasteiger charge is 2.45. The number of aliphatic hydroxyl groups is 1. The monoisotopic (exact) mass is 375 g/mol. The molecule has 140 valence electrons. The fourth-order valence-electron chi connectivity index (χ4n) is 3.05. The van der Waals surface area contributed by atoms with Gasteiger partial charge >= 0.3 is 0 Å². The zero-order valence-corrected chi connectivity index (χ0v) is 14.5. The molecule has 0 aliphatic carbocycles. The minimum Gasteiger partial charge on any atom is -0.503 e. The Morgan fingerprint density at radius 3 is 2.19 bits per heavy atom. The summed E-state index contributed by atoms with van der Waals surface area (Å²) in [5.41, 5.74) is -0.194. The Balaban J connectivity index is 2.21. The van der Waals surface area contributed by atoms with E-state index in [0.717, 1.165) is 29.2 Å². The van der Waals surface area contributed by atoms with Gasteiger partial charge < -0.3 is 5.11 Å². The molecule has 0 fully saturated rings. The number of ketones is 1. The predicted molar refractivity (Wildman–Crippen MR) is 92.5 cm³/mol. The lowest BCUT2D eigenvalue weighted by atomic mass is 9.91. The molecule has 1 aliphatic heterocycles. The summed E-state index contributed by atoms with van der Waals surface area (Å²) < 4.78 is 41.0. The molecule has 3 rings (SSSR count). The van der Waals surface area contributed by atoms with Crippen LogP contribution in [0.4, 0.5) is 18.9 Å². The number of hydrogen-bond donors (Lipinski definition) is 1. The molecule has 1 atom stereocenters. The van der Waals surface area contributed by atoms with Crippen molar-refractivity contribution in [3.05, 3.63) is 76.8 Å². The molecule has 1 aliphatic rings. The van der Waals surface area contributed by atoms with Crippen molar-refractivity contribution in [2.75, 3.05) is 4.90 Å². The lowest BCUT2D eigenvalue weighted by molar-refractivity contribution is -0.119. The molecule has 0 saturated heterocycles. The maximum atomic E-state index is 14.4. The lowest BCUT2D eigenvalue weighted by Crippen LogP contribution is -2.32. The van der Waals surface area contributed by atoms with Gasteiger partial charge in [0, 0.05) is 12.0 Å². The molecule has 1 unspecified atom stereocenters. The molecule has 7 heteroatoms. The quantitative estimate of drug-likeness (QED) is 0.870. The van der Waals surface area contributed by atoms with Gasteiger partial charge in [0.2, 0.25) is 0 Å². The van der Waals surface area contributed by atoms with E-state index in [1.165, 1.54) is 12.1 Å². The first-order valence-electron chi connectivity index (χ1n) is 8.23. The number of Topliss-reactive ketones (excluding diaryl/α,β-unsaturated/α-hetero) is 1. The summed E-state index contributed by atoms with van der Waals surface area (Å²) in [7, 11) is 0. The van der Waals surface area contributed by atoms with Gasteiger partial charge in [-0.25, -0.2) is 13.2 Å². The van der Waals surface area contributed by atoms with Gasteiger partial charge in [0.25, 0.3) is 5.91 Å². The van der Waals surface area contributed by atoms with Crippen molar-refractivity contribution in [3.8, 4) is 0 Å². The Labute approximate surface area is 153 Å². The summed E-state index contributed by atoms with van der Waals surface area (Å²) in [6.45, 7) is 3.19. The SMILES string of the molecule is CC(C)C(=O)C1=C(O)C(=O)N(c2ccc(F)cc2F)C1c1ccc(F)cc1. The Kier molecular flexibility index (Phi) is 4.78. The number of halogens is 3. The fraction of sp³-hybridized carbons (Fsp3) is 0.200. The lowest BCUT2D eigenvalue weighted by Gasteiger charge is -2.27. The molecule has 2 aromatic carbocycles. The van der Waals surface area contributed by atoms with Crippen molar-refractivity contribution in [2.24, 2.45) is 5.92 Å². The standard InChI is InChI=1S/C20H16F3NO3/c1-10(2)18(25)16-17(11-3-5-12(21)6-4-11)24(20(27)19(16)26)15-8-7-13(22)9-14(15)23/h3-10,17,26H,1-2H3. The first kappa shape index (κ1) is 18.7. The normalized spacial score (nSPS) is 17.2. The largest absolute Gasteiger partial charge is 0.503 e. The fourth-order valence-corrected chi connectivity index (χ4v) is 3.05. The molecule has 0 saturated carbocycles. The van der Waals surface area contributed by atoms with Crippen LogP contribution in [0.25, 0.3) is 0 Å². The van der Waals surface area contributed by atoms with Crippen LogP contribution in [0.2, 0.25) is 0 Å². The van der Waals surface area contributed by atoms with E-state index >= 15 is 0 Å².